The van der Waals surface area contributed by atoms with Gasteiger partial charge in [0.1, 0.15) is 10.7 Å². The van der Waals surface area contributed by atoms with Gasteiger partial charge in [-0.3, -0.25) is 9.59 Å². The predicted molar refractivity (Wildman–Crippen MR) is 118 cm³/mol. The fourth-order valence-corrected chi connectivity index (χ4v) is 5.66. The number of hydrogen-bond acceptors (Lipinski definition) is 4. The number of nitrogens with zero attached hydrogens (tertiary/aromatic N) is 1. The zero-order valence-electron chi connectivity index (χ0n) is 16.0. The molecule has 0 bridgehead atoms. The molecule has 0 aliphatic heterocycles. The molecule has 1 aliphatic rings. The fraction of sp³-hybridized carbons (Fsp3) is 0.381. The van der Waals surface area contributed by atoms with E-state index in [0.29, 0.717) is 22.3 Å². The molecule has 1 aliphatic carbocycles. The van der Waals surface area contributed by atoms with Crippen molar-refractivity contribution in [3.05, 3.63) is 60.4 Å². The van der Waals surface area contributed by atoms with Gasteiger partial charge in [0, 0.05) is 27.8 Å². The number of thiophene rings is 1. The minimum atomic E-state index is -0.245. The van der Waals surface area contributed by atoms with E-state index >= 15 is 0 Å². The van der Waals surface area contributed by atoms with Gasteiger partial charge >= 0.3 is 0 Å². The highest BCUT2D eigenvalue weighted by molar-refractivity contribution is 7.18. The van der Waals surface area contributed by atoms with Crippen molar-refractivity contribution in [2.45, 2.75) is 51.5 Å². The molecule has 0 saturated carbocycles. The summed E-state index contributed by atoms with van der Waals surface area (Å²) in [5, 5.41) is 4.75. The van der Waals surface area contributed by atoms with E-state index in [1.54, 1.807) is 29.5 Å². The van der Waals surface area contributed by atoms with Gasteiger partial charge in [0.05, 0.1) is 11.4 Å². The number of amides is 1. The van der Waals surface area contributed by atoms with Crippen molar-refractivity contribution < 1.29 is 4.79 Å². The minimum absolute atomic E-state index is 0.0916. The lowest BCUT2D eigenvalue weighted by Crippen LogP contribution is -2.27. The third-order valence-corrected chi connectivity index (χ3v) is 7.02. The largest absolute Gasteiger partial charge is 0.350 e. The molecule has 0 radical (unpaired) electrons. The van der Waals surface area contributed by atoms with Crippen molar-refractivity contribution in [2.24, 2.45) is 0 Å². The van der Waals surface area contributed by atoms with Crippen LogP contribution < -0.4 is 10.9 Å². The average molecular weight is 450 g/mol. The fourth-order valence-electron chi connectivity index (χ4n) is 3.80. The van der Waals surface area contributed by atoms with Crippen LogP contribution in [0.5, 0.6) is 0 Å². The smallest absolute Gasteiger partial charge is 0.259 e. The molecule has 5 nitrogen and oxygen atoms in total. The molecule has 3 aromatic rings. The number of carbonyl (C=O) groups excluding carboxylic acids is 1. The standard InChI is InChI=1S/C21H21Cl2N3O2S/c1-11(13-7-6-12(22)10-15(13)23)24-18(27)9-8-17-25-20(28)19-14-4-2-3-5-16(14)29-21(19)26-17/h6-7,10-11H,2-5,8-9H2,1H3,(H,24,27)(H,25,26,28)/t11-/m0/s1. The topological polar surface area (TPSA) is 74.8 Å². The summed E-state index contributed by atoms with van der Waals surface area (Å²) in [5.41, 5.74) is 1.88. The van der Waals surface area contributed by atoms with E-state index in [1.165, 1.54) is 16.9 Å². The molecule has 2 aromatic heterocycles. The van der Waals surface area contributed by atoms with E-state index in [1.807, 2.05) is 6.92 Å². The second kappa shape index (κ2) is 8.46. The number of H-pyrrole nitrogens is 1. The van der Waals surface area contributed by atoms with Crippen molar-refractivity contribution in [2.75, 3.05) is 0 Å². The van der Waals surface area contributed by atoms with E-state index in [4.69, 9.17) is 23.2 Å². The summed E-state index contributed by atoms with van der Waals surface area (Å²) in [5.74, 6) is 0.421. The molecule has 0 spiro atoms. The van der Waals surface area contributed by atoms with E-state index in [2.05, 4.69) is 15.3 Å². The van der Waals surface area contributed by atoms with Gasteiger partial charge in [-0.05, 0) is 55.9 Å². The van der Waals surface area contributed by atoms with Crippen LogP contribution in [0.15, 0.2) is 23.0 Å². The van der Waals surface area contributed by atoms with E-state index in [-0.39, 0.29) is 23.9 Å². The highest BCUT2D eigenvalue weighted by Gasteiger charge is 2.20. The maximum Gasteiger partial charge on any atom is 0.259 e. The molecule has 2 N–H and O–H groups in total. The molecule has 1 amide bonds. The maximum atomic E-state index is 12.6. The number of benzene rings is 1. The number of rotatable bonds is 5. The summed E-state index contributed by atoms with van der Waals surface area (Å²) in [6.07, 6.45) is 4.87. The lowest BCUT2D eigenvalue weighted by molar-refractivity contribution is -0.121. The summed E-state index contributed by atoms with van der Waals surface area (Å²) in [4.78, 5) is 34.5. The van der Waals surface area contributed by atoms with Gasteiger partial charge in [0.2, 0.25) is 5.91 Å². The summed E-state index contributed by atoms with van der Waals surface area (Å²) in [6.45, 7) is 1.87. The number of halogens is 2. The second-order valence-electron chi connectivity index (χ2n) is 7.36. The number of hydrogen-bond donors (Lipinski definition) is 2. The van der Waals surface area contributed by atoms with Crippen LogP contribution >= 0.6 is 34.5 Å². The van der Waals surface area contributed by atoms with Crippen LogP contribution in [0, 0.1) is 0 Å². The quantitative estimate of drug-likeness (QED) is 0.576. The number of carbonyl (C=O) groups is 1. The van der Waals surface area contributed by atoms with E-state index < -0.39 is 0 Å². The normalized spacial score (nSPS) is 14.6. The van der Waals surface area contributed by atoms with Gasteiger partial charge in [-0.15, -0.1) is 11.3 Å². The number of fused-ring (bicyclic) bond motifs is 3. The lowest BCUT2D eigenvalue weighted by Gasteiger charge is -2.16. The van der Waals surface area contributed by atoms with Crippen molar-refractivity contribution in [1.82, 2.24) is 15.3 Å². The Morgan fingerprint density at radius 3 is 2.90 bits per heavy atom. The highest BCUT2D eigenvalue weighted by Crippen LogP contribution is 2.33. The van der Waals surface area contributed by atoms with E-state index in [9.17, 15) is 9.59 Å². The SMILES string of the molecule is C[C@H](NC(=O)CCc1nc2sc3c(c2c(=O)[nH]1)CCCC3)c1ccc(Cl)cc1Cl. The Kier molecular flexibility index (Phi) is 5.95. The van der Waals surface area contributed by atoms with E-state index in [0.717, 1.165) is 35.0 Å². The second-order valence-corrected chi connectivity index (χ2v) is 9.29. The first-order chi connectivity index (χ1) is 13.9. The molecule has 1 aromatic carbocycles. The molecule has 0 unspecified atom stereocenters. The molecule has 4 rings (SSSR count). The Balaban J connectivity index is 1.44. The Morgan fingerprint density at radius 1 is 1.31 bits per heavy atom. The van der Waals surface area contributed by atoms with Crippen LogP contribution in [0.3, 0.4) is 0 Å². The monoisotopic (exact) mass is 449 g/mol. The Bertz CT molecular complexity index is 1140. The zero-order chi connectivity index (χ0) is 20.5. The van der Waals surface area contributed by atoms with Crippen molar-refractivity contribution >= 4 is 50.7 Å². The van der Waals surface area contributed by atoms with Gasteiger partial charge in [-0.25, -0.2) is 4.98 Å². The number of nitrogens with one attached hydrogen (secondary N) is 2. The van der Waals surface area contributed by atoms with Crippen molar-refractivity contribution in [3.63, 3.8) is 0 Å². The molecular formula is C21H21Cl2N3O2S. The zero-order valence-corrected chi connectivity index (χ0v) is 18.3. The van der Waals surface area contributed by atoms with Crippen LogP contribution in [-0.2, 0) is 24.1 Å². The molecule has 0 saturated heterocycles. The van der Waals surface area contributed by atoms with Gasteiger partial charge in [0.25, 0.3) is 5.56 Å². The molecule has 2 heterocycles. The first-order valence-electron chi connectivity index (χ1n) is 9.70. The van der Waals surface area contributed by atoms with Crippen LogP contribution in [0.1, 0.15) is 54.1 Å². The van der Waals surface area contributed by atoms with Crippen LogP contribution in [0.25, 0.3) is 10.2 Å². The Morgan fingerprint density at radius 2 is 2.10 bits per heavy atom. The van der Waals surface area contributed by atoms with Crippen molar-refractivity contribution in [1.29, 1.82) is 0 Å². The predicted octanol–water partition coefficient (Wildman–Crippen LogP) is 4.98. The third-order valence-electron chi connectivity index (χ3n) is 5.27. The molecule has 0 fully saturated rings. The Labute approximate surface area is 182 Å². The lowest BCUT2D eigenvalue weighted by atomic mass is 9.97. The number of aromatic nitrogens is 2. The summed E-state index contributed by atoms with van der Waals surface area (Å²) < 4.78 is 0. The van der Waals surface area contributed by atoms with Crippen LogP contribution in [0.2, 0.25) is 10.0 Å². The van der Waals surface area contributed by atoms with Gasteiger partial charge in [-0.2, -0.15) is 0 Å². The summed E-state index contributed by atoms with van der Waals surface area (Å²) >= 11 is 13.8. The highest BCUT2D eigenvalue weighted by atomic mass is 35.5. The summed E-state index contributed by atoms with van der Waals surface area (Å²) in [7, 11) is 0. The van der Waals surface area contributed by atoms with Crippen LogP contribution in [0.4, 0.5) is 0 Å². The molecule has 1 atom stereocenters. The summed E-state index contributed by atoms with van der Waals surface area (Å²) in [6, 6.07) is 4.97. The van der Waals surface area contributed by atoms with Gasteiger partial charge < -0.3 is 10.3 Å². The Hall–Kier alpha value is -1.89. The number of aromatic amines is 1. The average Bonchev–Trinajstić information content (AvgIpc) is 3.05. The third kappa shape index (κ3) is 4.34. The first kappa shape index (κ1) is 20.4. The van der Waals surface area contributed by atoms with Gasteiger partial charge in [-0.1, -0.05) is 29.3 Å². The molecule has 152 valence electrons. The van der Waals surface area contributed by atoms with Crippen molar-refractivity contribution in [3.8, 4) is 0 Å². The molecular weight excluding hydrogens is 429 g/mol. The molecule has 29 heavy (non-hydrogen) atoms. The minimum Gasteiger partial charge on any atom is -0.350 e. The van der Waals surface area contributed by atoms with Gasteiger partial charge in [0.15, 0.2) is 0 Å². The number of aryl methyl sites for hydroxylation is 3. The maximum absolute atomic E-state index is 12.6. The molecule has 8 heteroatoms. The van der Waals surface area contributed by atoms with Crippen LogP contribution in [-0.4, -0.2) is 15.9 Å². The first-order valence-corrected chi connectivity index (χ1v) is 11.3.